The van der Waals surface area contributed by atoms with Crippen LogP contribution in [-0.4, -0.2) is 18.4 Å². The van der Waals surface area contributed by atoms with Crippen LogP contribution in [0.4, 0.5) is 8.78 Å². The fourth-order valence-corrected chi connectivity index (χ4v) is 1.89. The third-order valence-corrected chi connectivity index (χ3v) is 3.37. The summed E-state index contributed by atoms with van der Waals surface area (Å²) < 4.78 is 26.1. The van der Waals surface area contributed by atoms with E-state index in [9.17, 15) is 18.4 Å². The van der Waals surface area contributed by atoms with Crippen LogP contribution in [0, 0.1) is 17.0 Å². The van der Waals surface area contributed by atoms with Crippen molar-refractivity contribution in [3.05, 3.63) is 35.4 Å². The van der Waals surface area contributed by atoms with Gasteiger partial charge in [0, 0.05) is 18.4 Å². The van der Waals surface area contributed by atoms with Crippen molar-refractivity contribution in [3.8, 4) is 0 Å². The topological polar surface area (TPSA) is 58.2 Å². The highest BCUT2D eigenvalue weighted by molar-refractivity contribution is 5.81. The lowest BCUT2D eigenvalue weighted by Crippen LogP contribution is -2.36. The molecule has 0 aliphatic heterocycles. The van der Waals surface area contributed by atoms with Crippen LogP contribution < -0.4 is 10.6 Å². The van der Waals surface area contributed by atoms with E-state index in [1.54, 1.807) is 6.92 Å². The Balaban J connectivity index is 2.36. The van der Waals surface area contributed by atoms with Gasteiger partial charge in [0.25, 0.3) is 0 Å². The monoisotopic (exact) mass is 326 g/mol. The lowest BCUT2D eigenvalue weighted by molar-refractivity contribution is -0.128. The highest BCUT2D eigenvalue weighted by Gasteiger charge is 2.20. The first-order chi connectivity index (χ1) is 10.6. The Morgan fingerprint density at radius 2 is 1.83 bits per heavy atom. The van der Waals surface area contributed by atoms with Gasteiger partial charge in [-0.3, -0.25) is 9.59 Å². The van der Waals surface area contributed by atoms with E-state index in [2.05, 4.69) is 10.6 Å². The first-order valence-corrected chi connectivity index (χ1v) is 7.64. The summed E-state index contributed by atoms with van der Waals surface area (Å²) in [6.07, 6.45) is 0.761. The van der Waals surface area contributed by atoms with Gasteiger partial charge in [-0.25, -0.2) is 8.78 Å². The van der Waals surface area contributed by atoms with Crippen molar-refractivity contribution in [1.29, 1.82) is 0 Å². The third-order valence-electron chi connectivity index (χ3n) is 3.37. The van der Waals surface area contributed by atoms with Crippen molar-refractivity contribution < 1.29 is 18.4 Å². The molecule has 1 unspecified atom stereocenters. The van der Waals surface area contributed by atoms with Crippen molar-refractivity contribution in [2.45, 2.75) is 46.6 Å². The Hall–Kier alpha value is -1.98. The van der Waals surface area contributed by atoms with Crippen molar-refractivity contribution in [2.75, 3.05) is 6.54 Å². The Labute approximate surface area is 135 Å². The molecule has 0 aromatic heterocycles. The zero-order chi connectivity index (χ0) is 17.6. The van der Waals surface area contributed by atoms with Crippen molar-refractivity contribution in [2.24, 2.45) is 5.41 Å². The lowest BCUT2D eigenvalue weighted by Gasteiger charge is -2.18. The molecule has 1 atom stereocenters. The highest BCUT2D eigenvalue weighted by Crippen LogP contribution is 2.16. The number of hydrogen-bond acceptors (Lipinski definition) is 2. The Morgan fingerprint density at radius 3 is 2.39 bits per heavy atom. The summed E-state index contributed by atoms with van der Waals surface area (Å²) in [5.74, 6) is -2.12. The molecule has 0 saturated heterocycles. The minimum absolute atomic E-state index is 0.0620. The quantitative estimate of drug-likeness (QED) is 0.789. The van der Waals surface area contributed by atoms with Crippen LogP contribution in [0.2, 0.25) is 0 Å². The number of hydrogen-bond donors (Lipinski definition) is 2. The van der Waals surface area contributed by atoms with Crippen LogP contribution >= 0.6 is 0 Å². The first kappa shape index (κ1) is 19.1. The SMILES string of the molecule is CC(NC(=O)CCCNC(=O)C(C)(C)C)c1ccc(F)c(F)c1. The van der Waals surface area contributed by atoms with Crippen molar-refractivity contribution >= 4 is 11.8 Å². The lowest BCUT2D eigenvalue weighted by atomic mass is 9.96. The summed E-state index contributed by atoms with van der Waals surface area (Å²) >= 11 is 0. The van der Waals surface area contributed by atoms with E-state index in [4.69, 9.17) is 0 Å². The van der Waals surface area contributed by atoms with Gasteiger partial charge in [0.15, 0.2) is 11.6 Å². The number of carbonyl (C=O) groups is 2. The second-order valence-electron chi connectivity index (χ2n) is 6.57. The predicted octanol–water partition coefficient (Wildman–Crippen LogP) is 3.08. The Morgan fingerprint density at radius 1 is 1.17 bits per heavy atom. The minimum atomic E-state index is -0.937. The fraction of sp³-hybridized carbons (Fsp3) is 0.529. The summed E-state index contributed by atoms with van der Waals surface area (Å²) in [4.78, 5) is 23.5. The van der Waals surface area contributed by atoms with Crippen molar-refractivity contribution in [1.82, 2.24) is 10.6 Å². The molecule has 2 amide bonds. The molecule has 1 aromatic rings. The first-order valence-electron chi connectivity index (χ1n) is 7.64. The van der Waals surface area contributed by atoms with E-state index in [0.717, 1.165) is 12.1 Å². The van der Waals surface area contributed by atoms with Gasteiger partial charge in [-0.05, 0) is 31.0 Å². The molecule has 2 N–H and O–H groups in total. The molecule has 0 aliphatic carbocycles. The molecular formula is C17H24F2N2O2. The van der Waals surface area contributed by atoms with Gasteiger partial charge in [-0.15, -0.1) is 0 Å². The van der Waals surface area contributed by atoms with Gasteiger partial charge >= 0.3 is 0 Å². The molecule has 0 spiro atoms. The minimum Gasteiger partial charge on any atom is -0.356 e. The molecule has 0 heterocycles. The van der Waals surface area contributed by atoms with Gasteiger partial charge in [0.05, 0.1) is 6.04 Å². The molecule has 0 saturated carbocycles. The molecule has 0 bridgehead atoms. The zero-order valence-corrected chi connectivity index (χ0v) is 14.0. The van der Waals surface area contributed by atoms with Gasteiger partial charge < -0.3 is 10.6 Å². The highest BCUT2D eigenvalue weighted by atomic mass is 19.2. The van der Waals surface area contributed by atoms with E-state index in [1.807, 2.05) is 20.8 Å². The second-order valence-corrected chi connectivity index (χ2v) is 6.57. The molecule has 6 heteroatoms. The largest absolute Gasteiger partial charge is 0.356 e. The summed E-state index contributed by atoms with van der Waals surface area (Å²) in [5.41, 5.74) is 0.0435. The number of amides is 2. The van der Waals surface area contributed by atoms with E-state index >= 15 is 0 Å². The second kappa shape index (κ2) is 8.04. The van der Waals surface area contributed by atoms with E-state index in [-0.39, 0.29) is 18.2 Å². The number of benzene rings is 1. The summed E-state index contributed by atoms with van der Waals surface area (Å²) in [6.45, 7) is 7.57. The van der Waals surface area contributed by atoms with Crippen LogP contribution in [0.15, 0.2) is 18.2 Å². The van der Waals surface area contributed by atoms with Crippen molar-refractivity contribution in [3.63, 3.8) is 0 Å². The maximum absolute atomic E-state index is 13.2. The number of halogens is 2. The van der Waals surface area contributed by atoms with Gasteiger partial charge in [-0.1, -0.05) is 26.8 Å². The van der Waals surface area contributed by atoms with Gasteiger partial charge in [-0.2, -0.15) is 0 Å². The van der Waals surface area contributed by atoms with Crippen LogP contribution in [0.25, 0.3) is 0 Å². The van der Waals surface area contributed by atoms with Gasteiger partial charge in [0.1, 0.15) is 0 Å². The molecule has 0 radical (unpaired) electrons. The normalized spacial score (nSPS) is 12.6. The summed E-state index contributed by atoms with van der Waals surface area (Å²) in [5, 5.41) is 5.49. The summed E-state index contributed by atoms with van der Waals surface area (Å²) in [6, 6.07) is 3.13. The maximum atomic E-state index is 13.2. The average molecular weight is 326 g/mol. The molecular weight excluding hydrogens is 302 g/mol. The van der Waals surface area contributed by atoms with Crippen LogP contribution in [0.3, 0.4) is 0 Å². The molecule has 1 rings (SSSR count). The summed E-state index contributed by atoms with van der Waals surface area (Å²) in [7, 11) is 0. The fourth-order valence-electron chi connectivity index (χ4n) is 1.89. The zero-order valence-electron chi connectivity index (χ0n) is 14.0. The Bertz CT molecular complexity index is 568. The van der Waals surface area contributed by atoms with E-state index < -0.39 is 23.1 Å². The Kier molecular flexibility index (Phi) is 6.66. The number of carbonyl (C=O) groups excluding carboxylic acids is 2. The van der Waals surface area contributed by atoms with Gasteiger partial charge in [0.2, 0.25) is 11.8 Å². The average Bonchev–Trinajstić information content (AvgIpc) is 2.45. The van der Waals surface area contributed by atoms with E-state index in [0.29, 0.717) is 18.5 Å². The molecule has 0 fully saturated rings. The molecule has 128 valence electrons. The molecule has 0 aliphatic rings. The van der Waals surface area contributed by atoms with E-state index in [1.165, 1.54) is 6.07 Å². The smallest absolute Gasteiger partial charge is 0.225 e. The number of nitrogens with one attached hydrogen (secondary N) is 2. The van der Waals surface area contributed by atoms with Crippen LogP contribution in [-0.2, 0) is 9.59 Å². The predicted molar refractivity (Wildman–Crippen MR) is 84.6 cm³/mol. The molecule has 4 nitrogen and oxygen atoms in total. The third kappa shape index (κ3) is 6.34. The van der Waals surface area contributed by atoms with Crippen LogP contribution in [0.1, 0.15) is 52.1 Å². The molecule has 1 aromatic carbocycles. The van der Waals surface area contributed by atoms with Crippen LogP contribution in [0.5, 0.6) is 0 Å². The standard InChI is InChI=1S/C17H24F2N2O2/c1-11(12-7-8-13(18)14(19)10-12)21-15(22)6-5-9-20-16(23)17(2,3)4/h7-8,10-11H,5-6,9H2,1-4H3,(H,20,23)(H,21,22). The number of rotatable bonds is 6. The maximum Gasteiger partial charge on any atom is 0.225 e. The molecule has 23 heavy (non-hydrogen) atoms.